The van der Waals surface area contributed by atoms with Crippen LogP contribution in [0, 0.1) is 5.92 Å². The molecule has 0 heterocycles. The Morgan fingerprint density at radius 1 is 1.29 bits per heavy atom. The number of benzene rings is 1. The summed E-state index contributed by atoms with van der Waals surface area (Å²) >= 11 is 0. The molecular weight excluding hydrogens is 274 g/mol. The van der Waals surface area contributed by atoms with Crippen LogP contribution in [-0.2, 0) is 9.59 Å². The number of hydrogen-bond acceptors (Lipinski definition) is 4. The first kappa shape index (κ1) is 16.8. The highest BCUT2D eigenvalue weighted by Crippen LogP contribution is 2.26. The molecule has 116 valence electrons. The number of hydrogen-bond donors (Lipinski definition) is 2. The fraction of sp³-hybridized carbons (Fsp3) is 0.467. The van der Waals surface area contributed by atoms with E-state index >= 15 is 0 Å². The molecule has 1 aromatic carbocycles. The van der Waals surface area contributed by atoms with Gasteiger partial charge in [0.05, 0.1) is 13.7 Å². The summed E-state index contributed by atoms with van der Waals surface area (Å²) in [6.45, 7) is 3.67. The second-order valence-corrected chi connectivity index (χ2v) is 4.62. The minimum Gasteiger partial charge on any atom is -0.493 e. The van der Waals surface area contributed by atoms with Gasteiger partial charge in [0.1, 0.15) is 12.0 Å². The number of para-hydroxylation sites is 2. The molecule has 0 unspecified atom stereocenters. The van der Waals surface area contributed by atoms with E-state index in [1.165, 1.54) is 0 Å². The van der Waals surface area contributed by atoms with E-state index in [2.05, 4.69) is 5.32 Å². The Morgan fingerprint density at radius 3 is 2.43 bits per heavy atom. The molecule has 0 saturated carbocycles. The number of aliphatic carboxylic acids is 1. The first-order chi connectivity index (χ1) is 9.99. The molecule has 1 rings (SSSR count). The van der Waals surface area contributed by atoms with E-state index in [1.807, 2.05) is 12.1 Å². The lowest BCUT2D eigenvalue weighted by Crippen LogP contribution is -2.39. The van der Waals surface area contributed by atoms with Gasteiger partial charge >= 0.3 is 5.97 Å². The number of amides is 1. The molecule has 0 bridgehead atoms. The van der Waals surface area contributed by atoms with Crippen LogP contribution < -0.4 is 14.8 Å². The highest BCUT2D eigenvalue weighted by atomic mass is 16.5. The van der Waals surface area contributed by atoms with Gasteiger partial charge in [-0.05, 0) is 25.5 Å². The standard InChI is InChI=1S/C15H21NO5/c1-4-11(15(18)19)14(17)16-9-10(2)21-13-8-6-5-7-12(13)20-3/h5-8,10-11H,4,9H2,1-3H3,(H,16,17)(H,18,19)/t10-,11+/m0/s1. The fourth-order valence-corrected chi connectivity index (χ4v) is 1.81. The van der Waals surface area contributed by atoms with Gasteiger partial charge in [-0.2, -0.15) is 0 Å². The lowest BCUT2D eigenvalue weighted by Gasteiger charge is -2.18. The van der Waals surface area contributed by atoms with Crippen molar-refractivity contribution in [2.24, 2.45) is 5.92 Å². The fourth-order valence-electron chi connectivity index (χ4n) is 1.81. The number of carboxylic acid groups (broad SMARTS) is 1. The van der Waals surface area contributed by atoms with E-state index in [9.17, 15) is 9.59 Å². The lowest BCUT2D eigenvalue weighted by atomic mass is 10.1. The van der Waals surface area contributed by atoms with Crippen LogP contribution in [0.15, 0.2) is 24.3 Å². The van der Waals surface area contributed by atoms with E-state index in [1.54, 1.807) is 33.1 Å². The van der Waals surface area contributed by atoms with Crippen molar-refractivity contribution < 1.29 is 24.2 Å². The smallest absolute Gasteiger partial charge is 0.316 e. The third-order valence-corrected chi connectivity index (χ3v) is 2.98. The van der Waals surface area contributed by atoms with Crippen LogP contribution in [0.25, 0.3) is 0 Å². The number of carboxylic acids is 1. The van der Waals surface area contributed by atoms with Gasteiger partial charge in [-0.15, -0.1) is 0 Å². The molecule has 0 aliphatic rings. The zero-order valence-corrected chi connectivity index (χ0v) is 12.5. The largest absolute Gasteiger partial charge is 0.493 e. The first-order valence-corrected chi connectivity index (χ1v) is 6.79. The third-order valence-electron chi connectivity index (χ3n) is 2.98. The van der Waals surface area contributed by atoms with Crippen LogP contribution in [0.4, 0.5) is 0 Å². The third kappa shape index (κ3) is 4.98. The van der Waals surface area contributed by atoms with Gasteiger partial charge in [-0.3, -0.25) is 9.59 Å². The predicted octanol–water partition coefficient (Wildman–Crippen LogP) is 1.69. The van der Waals surface area contributed by atoms with Crippen LogP contribution in [0.1, 0.15) is 20.3 Å². The molecular formula is C15H21NO5. The Kier molecular flexibility index (Phi) is 6.52. The van der Waals surface area contributed by atoms with Crippen molar-refractivity contribution in [2.75, 3.05) is 13.7 Å². The van der Waals surface area contributed by atoms with Crippen LogP contribution in [0.3, 0.4) is 0 Å². The maximum absolute atomic E-state index is 11.7. The molecule has 6 heteroatoms. The first-order valence-electron chi connectivity index (χ1n) is 6.79. The topological polar surface area (TPSA) is 84.9 Å². The second-order valence-electron chi connectivity index (χ2n) is 4.62. The average Bonchev–Trinajstić information content (AvgIpc) is 2.46. The summed E-state index contributed by atoms with van der Waals surface area (Å²) in [5.74, 6) is -1.46. The number of methoxy groups -OCH3 is 1. The van der Waals surface area contributed by atoms with Gasteiger partial charge in [-0.1, -0.05) is 19.1 Å². The van der Waals surface area contributed by atoms with Gasteiger partial charge < -0.3 is 19.9 Å². The Morgan fingerprint density at radius 2 is 1.90 bits per heavy atom. The highest BCUT2D eigenvalue weighted by Gasteiger charge is 2.24. The predicted molar refractivity (Wildman–Crippen MR) is 77.5 cm³/mol. The Bertz CT molecular complexity index is 489. The molecule has 0 saturated heterocycles. The van der Waals surface area contributed by atoms with Gasteiger partial charge in [0.2, 0.25) is 5.91 Å². The summed E-state index contributed by atoms with van der Waals surface area (Å²) in [5, 5.41) is 11.5. The van der Waals surface area contributed by atoms with Gasteiger partial charge in [0.15, 0.2) is 11.5 Å². The van der Waals surface area contributed by atoms with Crippen molar-refractivity contribution in [1.29, 1.82) is 0 Å². The Labute approximate surface area is 124 Å². The monoisotopic (exact) mass is 295 g/mol. The summed E-state index contributed by atoms with van der Waals surface area (Å²) in [4.78, 5) is 22.6. The van der Waals surface area contributed by atoms with Crippen molar-refractivity contribution in [2.45, 2.75) is 26.4 Å². The molecule has 0 radical (unpaired) electrons. The van der Waals surface area contributed by atoms with Crippen molar-refractivity contribution in [3.63, 3.8) is 0 Å². The Hall–Kier alpha value is -2.24. The molecule has 0 aliphatic heterocycles. The zero-order valence-electron chi connectivity index (χ0n) is 12.5. The molecule has 0 aromatic heterocycles. The van der Waals surface area contributed by atoms with E-state index in [-0.39, 0.29) is 19.1 Å². The molecule has 0 fully saturated rings. The maximum atomic E-state index is 11.7. The number of carbonyl (C=O) groups excluding carboxylic acids is 1. The minimum absolute atomic E-state index is 0.223. The Balaban J connectivity index is 2.52. The molecule has 2 N–H and O–H groups in total. The molecule has 1 aromatic rings. The summed E-state index contributed by atoms with van der Waals surface area (Å²) in [6, 6.07) is 7.19. The van der Waals surface area contributed by atoms with Crippen LogP contribution in [-0.4, -0.2) is 36.7 Å². The van der Waals surface area contributed by atoms with E-state index in [4.69, 9.17) is 14.6 Å². The van der Waals surface area contributed by atoms with Crippen molar-refractivity contribution in [1.82, 2.24) is 5.32 Å². The van der Waals surface area contributed by atoms with Crippen LogP contribution in [0.5, 0.6) is 11.5 Å². The van der Waals surface area contributed by atoms with E-state index in [0.29, 0.717) is 11.5 Å². The molecule has 0 spiro atoms. The molecule has 6 nitrogen and oxygen atoms in total. The highest BCUT2D eigenvalue weighted by molar-refractivity contribution is 5.96. The van der Waals surface area contributed by atoms with Crippen LogP contribution >= 0.6 is 0 Å². The number of carbonyl (C=O) groups is 2. The summed E-state index contributed by atoms with van der Waals surface area (Å²) in [5.41, 5.74) is 0. The van der Waals surface area contributed by atoms with E-state index in [0.717, 1.165) is 0 Å². The number of rotatable bonds is 8. The SMILES string of the molecule is CC[C@@H](C(=O)O)C(=O)NC[C@H](C)Oc1ccccc1OC. The minimum atomic E-state index is -1.12. The second kappa shape index (κ2) is 8.14. The van der Waals surface area contributed by atoms with Crippen molar-refractivity contribution >= 4 is 11.9 Å². The summed E-state index contributed by atoms with van der Waals surface area (Å²) in [7, 11) is 1.55. The van der Waals surface area contributed by atoms with Crippen LogP contribution in [0.2, 0.25) is 0 Å². The molecule has 2 atom stereocenters. The summed E-state index contributed by atoms with van der Waals surface area (Å²) < 4.78 is 10.8. The number of ether oxygens (including phenoxy) is 2. The molecule has 0 aliphatic carbocycles. The van der Waals surface area contributed by atoms with Gasteiger partial charge in [0, 0.05) is 0 Å². The van der Waals surface area contributed by atoms with E-state index < -0.39 is 17.8 Å². The van der Waals surface area contributed by atoms with Crippen molar-refractivity contribution in [3.8, 4) is 11.5 Å². The lowest BCUT2D eigenvalue weighted by molar-refractivity contribution is -0.147. The number of nitrogens with one attached hydrogen (secondary N) is 1. The average molecular weight is 295 g/mol. The molecule has 21 heavy (non-hydrogen) atoms. The van der Waals surface area contributed by atoms with Gasteiger partial charge in [0.25, 0.3) is 0 Å². The summed E-state index contributed by atoms with van der Waals surface area (Å²) in [6.07, 6.45) is -0.0559. The van der Waals surface area contributed by atoms with Gasteiger partial charge in [-0.25, -0.2) is 0 Å². The normalized spacial score (nSPS) is 13.1. The quantitative estimate of drug-likeness (QED) is 0.713. The maximum Gasteiger partial charge on any atom is 0.316 e. The van der Waals surface area contributed by atoms with Crippen molar-refractivity contribution in [3.05, 3.63) is 24.3 Å². The zero-order chi connectivity index (χ0) is 15.8. The molecule has 1 amide bonds.